The zero-order valence-corrected chi connectivity index (χ0v) is 13.6. The molecule has 0 spiro atoms. The number of hydrogen-bond donors (Lipinski definition) is 1. The summed E-state index contributed by atoms with van der Waals surface area (Å²) >= 11 is 3.49. The molecule has 1 aliphatic rings. The first-order chi connectivity index (χ1) is 8.78. The molecule has 0 aromatic carbocycles. The summed E-state index contributed by atoms with van der Waals surface area (Å²) in [5.74, 6) is -0.0540. The van der Waals surface area contributed by atoms with Crippen LogP contribution in [0, 0.1) is 0 Å². The minimum absolute atomic E-state index is 0.0540. The van der Waals surface area contributed by atoms with Crippen LogP contribution in [0.25, 0.3) is 0 Å². The molecule has 0 saturated heterocycles. The van der Waals surface area contributed by atoms with Crippen LogP contribution in [0.1, 0.15) is 46.5 Å². The summed E-state index contributed by atoms with van der Waals surface area (Å²) in [4.78, 5) is 22.1. The van der Waals surface area contributed by atoms with Crippen LogP contribution in [0.15, 0.2) is 12.2 Å². The van der Waals surface area contributed by atoms with Gasteiger partial charge in [0.15, 0.2) is 0 Å². The molecule has 5 heteroatoms. The predicted molar refractivity (Wildman–Crippen MR) is 79.0 cm³/mol. The Morgan fingerprint density at radius 1 is 1.37 bits per heavy atom. The lowest BCUT2D eigenvalue weighted by Gasteiger charge is -2.28. The number of carbonyl (C=O) groups excluding carboxylic acids is 1. The molecule has 1 saturated carbocycles. The fraction of sp³-hybridized carbons (Fsp3) is 0.786. The molecular weight excluding hydrogens is 310 g/mol. The van der Waals surface area contributed by atoms with E-state index in [0.717, 1.165) is 25.7 Å². The Morgan fingerprint density at radius 2 is 1.95 bits per heavy atom. The van der Waals surface area contributed by atoms with Crippen LogP contribution in [-0.4, -0.2) is 29.0 Å². The molecule has 19 heavy (non-hydrogen) atoms. The van der Waals surface area contributed by atoms with E-state index in [4.69, 9.17) is 9.78 Å². The van der Waals surface area contributed by atoms with Gasteiger partial charge in [-0.05, 0) is 46.5 Å². The lowest BCUT2D eigenvalue weighted by atomic mass is 9.93. The number of rotatable bonds is 6. The van der Waals surface area contributed by atoms with Crippen LogP contribution >= 0.6 is 15.9 Å². The number of carbonyl (C=O) groups is 1. The maximum atomic E-state index is 11.5. The molecule has 1 N–H and O–H groups in total. The van der Waals surface area contributed by atoms with E-state index >= 15 is 0 Å². The summed E-state index contributed by atoms with van der Waals surface area (Å²) in [5, 5.41) is 2.98. The third-order valence-electron chi connectivity index (χ3n) is 3.00. The number of halogens is 1. The minimum atomic E-state index is -0.0698. The normalized spacial score (nSPS) is 24.0. The lowest BCUT2D eigenvalue weighted by Crippen LogP contribution is -2.39. The molecular formula is C14H24BrNO3. The molecule has 1 rings (SSSR count). The monoisotopic (exact) mass is 333 g/mol. The zero-order chi connectivity index (χ0) is 14.5. The van der Waals surface area contributed by atoms with E-state index in [-0.39, 0.29) is 22.4 Å². The Kier molecular flexibility index (Phi) is 6.50. The van der Waals surface area contributed by atoms with Gasteiger partial charge >= 0.3 is 0 Å². The number of nitrogens with one attached hydrogen (secondary N) is 1. The van der Waals surface area contributed by atoms with Crippen LogP contribution in [0.3, 0.4) is 0 Å². The zero-order valence-electron chi connectivity index (χ0n) is 12.0. The standard InChI is InChI=1S/C14H24BrNO3/c1-10(2)13(17)16-11-5-7-12(8-6-11)19-18-9-14(3,4)15/h11-12H,1,5-9H2,2-4H3,(H,16,17). The molecule has 0 aromatic heterocycles. The molecule has 0 bridgehead atoms. The molecule has 0 unspecified atom stereocenters. The Labute approximate surface area is 124 Å². The van der Waals surface area contributed by atoms with Crippen LogP contribution in [0.4, 0.5) is 0 Å². The van der Waals surface area contributed by atoms with Crippen molar-refractivity contribution in [1.82, 2.24) is 5.32 Å². The molecule has 0 atom stereocenters. The summed E-state index contributed by atoms with van der Waals surface area (Å²) in [5.41, 5.74) is 0.557. The van der Waals surface area contributed by atoms with E-state index < -0.39 is 0 Å². The molecule has 1 aliphatic carbocycles. The van der Waals surface area contributed by atoms with E-state index in [1.54, 1.807) is 6.92 Å². The quantitative estimate of drug-likeness (QED) is 0.351. The maximum absolute atomic E-state index is 11.5. The van der Waals surface area contributed by atoms with Gasteiger partial charge in [-0.3, -0.25) is 4.79 Å². The molecule has 1 amide bonds. The molecule has 0 aromatic rings. The first-order valence-electron chi connectivity index (χ1n) is 6.71. The van der Waals surface area contributed by atoms with Gasteiger partial charge in [-0.25, -0.2) is 9.78 Å². The van der Waals surface area contributed by atoms with Gasteiger partial charge < -0.3 is 5.32 Å². The van der Waals surface area contributed by atoms with Gasteiger partial charge in [0, 0.05) is 15.9 Å². The maximum Gasteiger partial charge on any atom is 0.246 e. The Balaban J connectivity index is 2.18. The molecule has 110 valence electrons. The average Bonchev–Trinajstić information content (AvgIpc) is 2.29. The van der Waals surface area contributed by atoms with Gasteiger partial charge in [0.05, 0.1) is 12.7 Å². The molecule has 0 heterocycles. The highest BCUT2D eigenvalue weighted by Gasteiger charge is 2.24. The second kappa shape index (κ2) is 7.41. The van der Waals surface area contributed by atoms with Crippen molar-refractivity contribution in [3.8, 4) is 0 Å². The predicted octanol–water partition coefficient (Wildman–Crippen LogP) is 3.11. The third kappa shape index (κ3) is 7.09. The molecule has 0 radical (unpaired) electrons. The van der Waals surface area contributed by atoms with E-state index in [1.807, 2.05) is 13.8 Å². The van der Waals surface area contributed by atoms with Gasteiger partial charge in [-0.15, -0.1) is 0 Å². The van der Waals surface area contributed by atoms with Gasteiger partial charge in [0.1, 0.15) is 0 Å². The third-order valence-corrected chi connectivity index (χ3v) is 3.23. The van der Waals surface area contributed by atoms with E-state index in [0.29, 0.717) is 12.2 Å². The van der Waals surface area contributed by atoms with Crippen molar-refractivity contribution < 1.29 is 14.6 Å². The first kappa shape index (κ1) is 16.7. The van der Waals surface area contributed by atoms with Crippen molar-refractivity contribution >= 4 is 21.8 Å². The first-order valence-corrected chi connectivity index (χ1v) is 7.51. The average molecular weight is 334 g/mol. The van der Waals surface area contributed by atoms with Gasteiger partial charge in [0.25, 0.3) is 0 Å². The number of alkyl halides is 1. The fourth-order valence-electron chi connectivity index (χ4n) is 1.88. The summed E-state index contributed by atoms with van der Waals surface area (Å²) < 4.78 is -0.0698. The summed E-state index contributed by atoms with van der Waals surface area (Å²) in [6, 6.07) is 0.233. The second-order valence-electron chi connectivity index (χ2n) is 5.80. The van der Waals surface area contributed by atoms with E-state index in [1.165, 1.54) is 0 Å². The summed E-state index contributed by atoms with van der Waals surface area (Å²) in [6.45, 7) is 9.93. The fourth-order valence-corrected chi connectivity index (χ4v) is 1.98. The van der Waals surface area contributed by atoms with Crippen LogP contribution in [-0.2, 0) is 14.6 Å². The Bertz CT molecular complexity index is 317. The van der Waals surface area contributed by atoms with Crippen LogP contribution in [0.2, 0.25) is 0 Å². The number of amides is 1. The van der Waals surface area contributed by atoms with Crippen molar-refractivity contribution in [2.75, 3.05) is 6.61 Å². The Morgan fingerprint density at radius 3 is 2.42 bits per heavy atom. The van der Waals surface area contributed by atoms with Crippen molar-refractivity contribution in [2.24, 2.45) is 0 Å². The topological polar surface area (TPSA) is 47.6 Å². The molecule has 4 nitrogen and oxygen atoms in total. The van der Waals surface area contributed by atoms with Crippen LogP contribution < -0.4 is 5.32 Å². The summed E-state index contributed by atoms with van der Waals surface area (Å²) in [7, 11) is 0. The van der Waals surface area contributed by atoms with E-state index in [9.17, 15) is 4.79 Å². The van der Waals surface area contributed by atoms with Crippen molar-refractivity contribution in [3.63, 3.8) is 0 Å². The largest absolute Gasteiger partial charge is 0.350 e. The number of hydrogen-bond acceptors (Lipinski definition) is 3. The highest BCUT2D eigenvalue weighted by molar-refractivity contribution is 9.10. The van der Waals surface area contributed by atoms with E-state index in [2.05, 4.69) is 27.8 Å². The van der Waals surface area contributed by atoms with Crippen LogP contribution in [0.5, 0.6) is 0 Å². The molecule has 1 fully saturated rings. The van der Waals surface area contributed by atoms with Crippen molar-refractivity contribution in [3.05, 3.63) is 12.2 Å². The SMILES string of the molecule is C=C(C)C(=O)NC1CCC(OOCC(C)(C)Br)CC1. The minimum Gasteiger partial charge on any atom is -0.350 e. The van der Waals surface area contributed by atoms with Crippen molar-refractivity contribution in [1.29, 1.82) is 0 Å². The molecule has 0 aliphatic heterocycles. The van der Waals surface area contributed by atoms with Crippen molar-refractivity contribution in [2.45, 2.75) is 62.9 Å². The van der Waals surface area contributed by atoms with Gasteiger partial charge in [-0.2, -0.15) is 0 Å². The smallest absolute Gasteiger partial charge is 0.246 e. The summed E-state index contributed by atoms with van der Waals surface area (Å²) in [6.07, 6.45) is 3.79. The van der Waals surface area contributed by atoms with Gasteiger partial charge in [-0.1, -0.05) is 22.5 Å². The van der Waals surface area contributed by atoms with Gasteiger partial charge in [0.2, 0.25) is 5.91 Å². The Hall–Kier alpha value is -0.390. The lowest BCUT2D eigenvalue weighted by molar-refractivity contribution is -0.330. The second-order valence-corrected chi connectivity index (χ2v) is 7.95. The highest BCUT2D eigenvalue weighted by atomic mass is 79.9. The highest BCUT2D eigenvalue weighted by Crippen LogP contribution is 2.23.